The molecule has 0 N–H and O–H groups in total. The summed E-state index contributed by atoms with van der Waals surface area (Å²) in [5, 5.41) is 0.720. The molecule has 4 heterocycles. The first kappa shape index (κ1) is 32.0. The lowest BCUT2D eigenvalue weighted by Gasteiger charge is -2.40. The third-order valence-corrected chi connectivity index (χ3v) is 8.25. The second-order valence-electron chi connectivity index (χ2n) is 12.1. The summed E-state index contributed by atoms with van der Waals surface area (Å²) in [7, 11) is 3.74. The Balaban J connectivity index is 1.87. The zero-order valence-electron chi connectivity index (χ0n) is 26.7. The van der Waals surface area contributed by atoms with Crippen molar-refractivity contribution in [2.24, 2.45) is 0 Å². The third-order valence-electron chi connectivity index (χ3n) is 7.96. The molecule has 0 spiro atoms. The smallest absolute Gasteiger partial charge is 0.350 e. The lowest BCUT2D eigenvalue weighted by atomic mass is 10.0. The van der Waals surface area contributed by atoms with E-state index >= 15 is 4.39 Å². The number of hydrogen-bond acceptors (Lipinski definition) is 8. The fourth-order valence-corrected chi connectivity index (χ4v) is 5.93. The number of rotatable bonds is 7. The van der Waals surface area contributed by atoms with Gasteiger partial charge >= 0.3 is 5.69 Å². The van der Waals surface area contributed by atoms with Crippen LogP contribution in [-0.4, -0.2) is 75.1 Å². The van der Waals surface area contributed by atoms with E-state index in [1.807, 2.05) is 58.5 Å². The predicted octanol–water partition coefficient (Wildman–Crippen LogP) is 5.57. The van der Waals surface area contributed by atoms with Gasteiger partial charge in [0.2, 0.25) is 11.9 Å². The molecule has 45 heavy (non-hydrogen) atoms. The predicted molar refractivity (Wildman–Crippen MR) is 177 cm³/mol. The van der Waals surface area contributed by atoms with Gasteiger partial charge < -0.3 is 14.7 Å². The van der Waals surface area contributed by atoms with E-state index in [1.165, 1.54) is 16.7 Å². The number of amides is 1. The van der Waals surface area contributed by atoms with Crippen molar-refractivity contribution in [1.82, 2.24) is 29.4 Å². The van der Waals surface area contributed by atoms with Crippen molar-refractivity contribution >= 4 is 40.3 Å². The Kier molecular flexibility index (Phi) is 8.93. The first-order chi connectivity index (χ1) is 21.3. The van der Waals surface area contributed by atoms with Crippen molar-refractivity contribution in [2.75, 3.05) is 43.5 Å². The molecule has 1 aromatic carbocycles. The molecule has 236 valence electrons. The Hall–Kier alpha value is -4.38. The average Bonchev–Trinajstić information content (AvgIpc) is 3.00. The van der Waals surface area contributed by atoms with E-state index in [2.05, 4.69) is 11.6 Å². The largest absolute Gasteiger partial charge is 0.355 e. The Labute approximate surface area is 267 Å². The zero-order chi connectivity index (χ0) is 32.7. The van der Waals surface area contributed by atoms with Crippen molar-refractivity contribution in [2.45, 2.75) is 52.5 Å². The van der Waals surface area contributed by atoms with Crippen LogP contribution in [0.15, 0.2) is 47.8 Å². The monoisotopic (exact) mass is 632 g/mol. The molecule has 1 amide bonds. The zero-order valence-corrected chi connectivity index (χ0v) is 27.4. The lowest BCUT2D eigenvalue weighted by Crippen LogP contribution is -2.54. The summed E-state index contributed by atoms with van der Waals surface area (Å²) in [6.07, 6.45) is 1.30. The normalized spacial score (nSPS) is 15.3. The molecule has 1 fully saturated rings. The molecule has 5 rings (SSSR count). The highest BCUT2D eigenvalue weighted by Gasteiger charge is 2.31. The molecule has 0 aliphatic carbocycles. The van der Waals surface area contributed by atoms with Gasteiger partial charge in [-0.15, -0.1) is 0 Å². The Morgan fingerprint density at radius 2 is 1.71 bits per heavy atom. The van der Waals surface area contributed by atoms with E-state index in [0.717, 1.165) is 0 Å². The van der Waals surface area contributed by atoms with E-state index in [-0.39, 0.29) is 45.7 Å². The van der Waals surface area contributed by atoms with E-state index in [0.29, 0.717) is 53.9 Å². The number of hydrogen-bond donors (Lipinski definition) is 0. The van der Waals surface area contributed by atoms with Gasteiger partial charge in [0.1, 0.15) is 11.6 Å². The topological polar surface area (TPSA) is 100 Å². The molecule has 3 aromatic heterocycles. The van der Waals surface area contributed by atoms with Crippen molar-refractivity contribution in [1.29, 1.82) is 0 Å². The number of pyridine rings is 1. The Morgan fingerprint density at radius 3 is 2.27 bits per heavy atom. The van der Waals surface area contributed by atoms with E-state index in [9.17, 15) is 9.59 Å². The van der Waals surface area contributed by atoms with Gasteiger partial charge in [-0.3, -0.25) is 4.79 Å². The molecule has 1 atom stereocenters. The number of aromatic nitrogens is 5. The molecule has 1 aliphatic heterocycles. The SMILES string of the molecule is C=CC(=O)N1CCN(c2nc(=O)n(-c3c(C(C)C)nc(N(C)C)nc3C(C)C)c3nc(-c4ccccc4F)c(Cl)cc23)[C@@H](C)C1. The minimum absolute atomic E-state index is 0.0883. The fourth-order valence-electron chi connectivity index (χ4n) is 5.68. The van der Waals surface area contributed by atoms with Gasteiger partial charge in [-0.25, -0.2) is 28.7 Å². The summed E-state index contributed by atoms with van der Waals surface area (Å²) in [5.74, 6) is 0.0937. The Bertz CT molecular complexity index is 1830. The average molecular weight is 633 g/mol. The molecule has 10 nitrogen and oxygen atoms in total. The van der Waals surface area contributed by atoms with Crippen LogP contribution in [0.1, 0.15) is 57.8 Å². The maximum absolute atomic E-state index is 15.1. The fraction of sp³-hybridized carbons (Fsp3) is 0.394. The van der Waals surface area contributed by atoms with Gasteiger partial charge in [0.25, 0.3) is 0 Å². The minimum Gasteiger partial charge on any atom is -0.350 e. The summed E-state index contributed by atoms with van der Waals surface area (Å²) in [6, 6.07) is 7.76. The van der Waals surface area contributed by atoms with Crippen LogP contribution >= 0.6 is 11.6 Å². The van der Waals surface area contributed by atoms with E-state index in [4.69, 9.17) is 26.6 Å². The molecule has 12 heteroatoms. The summed E-state index contributed by atoms with van der Waals surface area (Å²) in [6.45, 7) is 14.9. The summed E-state index contributed by atoms with van der Waals surface area (Å²) >= 11 is 6.84. The van der Waals surface area contributed by atoms with Crippen LogP contribution < -0.4 is 15.5 Å². The molecule has 0 radical (unpaired) electrons. The number of carbonyl (C=O) groups is 1. The highest BCUT2D eigenvalue weighted by molar-refractivity contribution is 6.33. The van der Waals surface area contributed by atoms with Gasteiger partial charge in [-0.05, 0) is 43.0 Å². The molecule has 1 saturated heterocycles. The van der Waals surface area contributed by atoms with Gasteiger partial charge in [0.05, 0.1) is 33.2 Å². The van der Waals surface area contributed by atoms with Crippen LogP contribution in [0.4, 0.5) is 16.2 Å². The van der Waals surface area contributed by atoms with Crippen LogP contribution in [0.3, 0.4) is 0 Å². The van der Waals surface area contributed by atoms with E-state index < -0.39 is 11.5 Å². The van der Waals surface area contributed by atoms with Gasteiger partial charge in [0, 0.05) is 45.3 Å². The van der Waals surface area contributed by atoms with Gasteiger partial charge in [0.15, 0.2) is 5.65 Å². The second-order valence-corrected chi connectivity index (χ2v) is 12.5. The second kappa shape index (κ2) is 12.5. The molecule has 0 unspecified atom stereocenters. The van der Waals surface area contributed by atoms with Crippen LogP contribution in [-0.2, 0) is 4.79 Å². The first-order valence-corrected chi connectivity index (χ1v) is 15.4. The number of nitrogens with zero attached hydrogens (tertiary/aromatic N) is 8. The standard InChI is InChI=1S/C33H38ClFN8O2/c1-9-25(44)41-14-15-42(20(6)17-41)30-22-16-23(34)28(21-12-10-11-13-24(21)35)36-31(22)43(33(45)39-30)29-26(18(2)3)37-32(40(7)8)38-27(29)19(4)5/h9-13,16,18-20H,1,14-15,17H2,2-8H3/t20-/m0/s1. The number of anilines is 2. The number of piperazine rings is 1. The lowest BCUT2D eigenvalue weighted by molar-refractivity contribution is -0.126. The number of fused-ring (bicyclic) bond motifs is 1. The quantitative estimate of drug-likeness (QED) is 0.244. The Morgan fingerprint density at radius 1 is 1.07 bits per heavy atom. The highest BCUT2D eigenvalue weighted by atomic mass is 35.5. The number of halogens is 2. The van der Waals surface area contributed by atoms with Crippen LogP contribution in [0.5, 0.6) is 0 Å². The van der Waals surface area contributed by atoms with Crippen molar-refractivity contribution in [3.8, 4) is 16.9 Å². The van der Waals surface area contributed by atoms with Crippen molar-refractivity contribution < 1.29 is 9.18 Å². The van der Waals surface area contributed by atoms with Gasteiger partial charge in [-0.1, -0.05) is 58.0 Å². The highest BCUT2D eigenvalue weighted by Crippen LogP contribution is 2.37. The molecule has 1 aliphatic rings. The third kappa shape index (κ3) is 5.88. The van der Waals surface area contributed by atoms with Crippen LogP contribution in [0, 0.1) is 5.82 Å². The molecule has 0 saturated carbocycles. The maximum Gasteiger partial charge on any atom is 0.355 e. The summed E-state index contributed by atoms with van der Waals surface area (Å²) in [5.41, 5.74) is 1.91. The van der Waals surface area contributed by atoms with Crippen molar-refractivity contribution in [3.63, 3.8) is 0 Å². The van der Waals surface area contributed by atoms with Gasteiger partial charge in [-0.2, -0.15) is 4.98 Å². The molecular weight excluding hydrogens is 595 g/mol. The number of carbonyl (C=O) groups excluding carboxylic acids is 1. The van der Waals surface area contributed by atoms with Crippen molar-refractivity contribution in [3.05, 3.63) is 75.7 Å². The molecular formula is C33H38ClFN8O2. The molecule has 4 aromatic rings. The summed E-state index contributed by atoms with van der Waals surface area (Å²) < 4.78 is 16.6. The number of benzene rings is 1. The molecule has 0 bridgehead atoms. The van der Waals surface area contributed by atoms with Crippen LogP contribution in [0.2, 0.25) is 5.02 Å². The summed E-state index contributed by atoms with van der Waals surface area (Å²) in [4.78, 5) is 51.5. The minimum atomic E-state index is -0.575. The van der Waals surface area contributed by atoms with Crippen LogP contribution in [0.25, 0.3) is 28.0 Å². The first-order valence-electron chi connectivity index (χ1n) is 15.0. The maximum atomic E-state index is 15.1. The van der Waals surface area contributed by atoms with E-state index in [1.54, 1.807) is 29.2 Å².